The summed E-state index contributed by atoms with van der Waals surface area (Å²) in [5.41, 5.74) is 2.72. The third-order valence-corrected chi connectivity index (χ3v) is 5.10. The van der Waals surface area contributed by atoms with Crippen molar-refractivity contribution in [3.05, 3.63) is 90.5 Å². The first-order valence-corrected chi connectivity index (χ1v) is 10.0. The van der Waals surface area contributed by atoms with E-state index in [0.29, 0.717) is 5.75 Å². The number of hydrogen-bond acceptors (Lipinski definition) is 4. The van der Waals surface area contributed by atoms with Crippen molar-refractivity contribution in [3.63, 3.8) is 0 Å². The van der Waals surface area contributed by atoms with Gasteiger partial charge in [0, 0.05) is 17.0 Å². The van der Waals surface area contributed by atoms with Crippen LogP contribution in [0.1, 0.15) is 5.56 Å². The number of carbonyl (C=O) groups is 1. The van der Waals surface area contributed by atoms with Crippen LogP contribution in [0.15, 0.2) is 84.9 Å². The summed E-state index contributed by atoms with van der Waals surface area (Å²) in [5, 5.41) is 10.8. The molecule has 0 saturated heterocycles. The van der Waals surface area contributed by atoms with E-state index >= 15 is 0 Å². The van der Waals surface area contributed by atoms with Crippen LogP contribution in [-0.2, 0) is 4.79 Å². The summed E-state index contributed by atoms with van der Waals surface area (Å²) in [6.45, 7) is 0. The van der Waals surface area contributed by atoms with Gasteiger partial charge in [0.05, 0.1) is 14.2 Å². The molecule has 4 rings (SSSR count). The van der Waals surface area contributed by atoms with E-state index in [1.807, 2.05) is 78.9 Å². The molecule has 4 aromatic rings. The van der Waals surface area contributed by atoms with Gasteiger partial charge >= 0.3 is 5.97 Å². The SMILES string of the molecule is COc1ccc(-c2ccc3cc(OC)ccc3c2Oc2ccc(C=CC(=O)O)cc2)cc1. The van der Waals surface area contributed by atoms with Crippen molar-refractivity contribution in [2.75, 3.05) is 14.2 Å². The molecule has 160 valence electrons. The second-order valence-electron chi connectivity index (χ2n) is 7.10. The van der Waals surface area contributed by atoms with Crippen LogP contribution in [0, 0.1) is 0 Å². The lowest BCUT2D eigenvalue weighted by molar-refractivity contribution is -0.131. The third-order valence-electron chi connectivity index (χ3n) is 5.10. The maximum Gasteiger partial charge on any atom is 0.328 e. The first-order valence-electron chi connectivity index (χ1n) is 10.0. The van der Waals surface area contributed by atoms with Crippen LogP contribution in [-0.4, -0.2) is 25.3 Å². The van der Waals surface area contributed by atoms with E-state index in [-0.39, 0.29) is 0 Å². The molecule has 0 atom stereocenters. The van der Waals surface area contributed by atoms with E-state index < -0.39 is 5.97 Å². The quantitative estimate of drug-likeness (QED) is 0.346. The highest BCUT2D eigenvalue weighted by Gasteiger charge is 2.13. The Balaban J connectivity index is 1.78. The largest absolute Gasteiger partial charge is 0.497 e. The molecule has 5 heteroatoms. The highest BCUT2D eigenvalue weighted by molar-refractivity contribution is 5.96. The predicted octanol–water partition coefficient (Wildman–Crippen LogP) is 6.41. The lowest BCUT2D eigenvalue weighted by atomic mass is 9.99. The van der Waals surface area contributed by atoms with E-state index in [2.05, 4.69) is 0 Å². The van der Waals surface area contributed by atoms with Gasteiger partial charge in [-0.1, -0.05) is 30.3 Å². The summed E-state index contributed by atoms with van der Waals surface area (Å²) >= 11 is 0. The molecule has 1 N–H and O–H groups in total. The summed E-state index contributed by atoms with van der Waals surface area (Å²) in [6, 6.07) is 25.0. The number of methoxy groups -OCH3 is 2. The minimum atomic E-state index is -0.986. The lowest BCUT2D eigenvalue weighted by Gasteiger charge is -2.16. The second kappa shape index (κ2) is 9.27. The average molecular weight is 426 g/mol. The van der Waals surface area contributed by atoms with Gasteiger partial charge in [-0.2, -0.15) is 0 Å². The molecule has 0 spiro atoms. The second-order valence-corrected chi connectivity index (χ2v) is 7.10. The smallest absolute Gasteiger partial charge is 0.328 e. The maximum atomic E-state index is 10.7. The molecule has 0 amide bonds. The number of aliphatic carboxylic acids is 1. The number of hydrogen-bond donors (Lipinski definition) is 1. The summed E-state index contributed by atoms with van der Waals surface area (Å²) in [4.78, 5) is 10.7. The first-order chi connectivity index (χ1) is 15.6. The van der Waals surface area contributed by atoms with Crippen LogP contribution in [0.25, 0.3) is 28.0 Å². The molecular formula is C27H22O5. The van der Waals surface area contributed by atoms with Crippen LogP contribution in [0.5, 0.6) is 23.0 Å². The molecule has 0 fully saturated rings. The van der Waals surface area contributed by atoms with Gasteiger partial charge in [0.25, 0.3) is 0 Å². The Morgan fingerprint density at radius 1 is 0.781 bits per heavy atom. The number of rotatable bonds is 7. The zero-order valence-electron chi connectivity index (χ0n) is 17.7. The van der Waals surface area contributed by atoms with Crippen molar-refractivity contribution in [1.29, 1.82) is 0 Å². The Kier molecular flexibility index (Phi) is 6.08. The van der Waals surface area contributed by atoms with E-state index in [4.69, 9.17) is 19.3 Å². The molecule has 0 saturated carbocycles. The molecule has 4 aromatic carbocycles. The standard InChI is InChI=1S/C27H22O5/c1-30-21-11-6-19(7-12-21)24-14-8-20-17-23(31-2)13-15-25(20)27(24)32-22-9-3-18(4-10-22)5-16-26(28)29/h3-17H,1-2H3,(H,28,29). The summed E-state index contributed by atoms with van der Waals surface area (Å²) in [6.07, 6.45) is 2.65. The van der Waals surface area contributed by atoms with E-state index in [1.54, 1.807) is 20.3 Å². The Bertz CT molecular complexity index is 1270. The van der Waals surface area contributed by atoms with Gasteiger partial charge in [-0.05, 0) is 71.1 Å². The van der Waals surface area contributed by atoms with E-state index in [1.165, 1.54) is 0 Å². The Morgan fingerprint density at radius 2 is 1.44 bits per heavy atom. The molecule has 0 heterocycles. The summed E-state index contributed by atoms with van der Waals surface area (Å²) in [5.74, 6) is 1.95. The van der Waals surface area contributed by atoms with Crippen LogP contribution < -0.4 is 14.2 Å². The Morgan fingerprint density at radius 3 is 2.09 bits per heavy atom. The van der Waals surface area contributed by atoms with Gasteiger partial charge < -0.3 is 19.3 Å². The summed E-state index contributed by atoms with van der Waals surface area (Å²) in [7, 11) is 3.28. The van der Waals surface area contributed by atoms with Crippen molar-refractivity contribution >= 4 is 22.8 Å². The molecule has 0 aromatic heterocycles. The molecule has 5 nitrogen and oxygen atoms in total. The minimum Gasteiger partial charge on any atom is -0.497 e. The van der Waals surface area contributed by atoms with Gasteiger partial charge in [0.15, 0.2) is 0 Å². The molecule has 0 aliphatic rings. The van der Waals surface area contributed by atoms with Crippen LogP contribution in [0.4, 0.5) is 0 Å². The van der Waals surface area contributed by atoms with Crippen molar-refractivity contribution < 1.29 is 24.1 Å². The summed E-state index contributed by atoms with van der Waals surface area (Å²) < 4.78 is 17.0. The number of fused-ring (bicyclic) bond motifs is 1. The molecule has 0 aliphatic heterocycles. The first kappa shape index (κ1) is 21.0. The fourth-order valence-corrected chi connectivity index (χ4v) is 3.45. The number of carboxylic acids is 1. The third kappa shape index (κ3) is 4.57. The topological polar surface area (TPSA) is 65.0 Å². The zero-order valence-corrected chi connectivity index (χ0v) is 17.7. The lowest BCUT2D eigenvalue weighted by Crippen LogP contribution is -1.92. The van der Waals surface area contributed by atoms with Gasteiger partial charge in [0.2, 0.25) is 0 Å². The molecule has 0 bridgehead atoms. The normalized spacial score (nSPS) is 10.9. The number of benzene rings is 4. The Labute approximate surface area is 186 Å². The molecule has 0 radical (unpaired) electrons. The van der Waals surface area contributed by atoms with Gasteiger partial charge in [0.1, 0.15) is 23.0 Å². The predicted molar refractivity (Wildman–Crippen MR) is 126 cm³/mol. The van der Waals surface area contributed by atoms with Gasteiger partial charge in [-0.25, -0.2) is 4.79 Å². The average Bonchev–Trinajstić information content (AvgIpc) is 2.83. The molecular weight excluding hydrogens is 404 g/mol. The van der Waals surface area contributed by atoms with Crippen molar-refractivity contribution in [1.82, 2.24) is 0 Å². The molecule has 32 heavy (non-hydrogen) atoms. The zero-order chi connectivity index (χ0) is 22.5. The van der Waals surface area contributed by atoms with Crippen molar-refractivity contribution in [3.8, 4) is 34.1 Å². The maximum absolute atomic E-state index is 10.7. The van der Waals surface area contributed by atoms with Gasteiger partial charge in [-0.15, -0.1) is 0 Å². The highest BCUT2D eigenvalue weighted by Crippen LogP contribution is 2.41. The Hall–Kier alpha value is -4.25. The van der Waals surface area contributed by atoms with Crippen molar-refractivity contribution in [2.24, 2.45) is 0 Å². The number of carboxylic acid groups (broad SMARTS) is 1. The van der Waals surface area contributed by atoms with Crippen LogP contribution in [0.2, 0.25) is 0 Å². The molecule has 0 unspecified atom stereocenters. The van der Waals surface area contributed by atoms with Crippen molar-refractivity contribution in [2.45, 2.75) is 0 Å². The van der Waals surface area contributed by atoms with Crippen LogP contribution >= 0.6 is 0 Å². The van der Waals surface area contributed by atoms with E-state index in [0.717, 1.165) is 50.8 Å². The highest BCUT2D eigenvalue weighted by atomic mass is 16.5. The monoisotopic (exact) mass is 426 g/mol. The number of ether oxygens (including phenoxy) is 3. The van der Waals surface area contributed by atoms with Gasteiger partial charge in [-0.3, -0.25) is 0 Å². The van der Waals surface area contributed by atoms with Crippen LogP contribution in [0.3, 0.4) is 0 Å². The molecule has 0 aliphatic carbocycles. The van der Waals surface area contributed by atoms with E-state index in [9.17, 15) is 4.79 Å². The fraction of sp³-hybridized carbons (Fsp3) is 0.0741. The fourth-order valence-electron chi connectivity index (χ4n) is 3.45. The minimum absolute atomic E-state index is 0.649.